The van der Waals surface area contributed by atoms with Gasteiger partial charge in [-0.25, -0.2) is 0 Å². The Labute approximate surface area is 95.4 Å². The van der Waals surface area contributed by atoms with Gasteiger partial charge in [0.1, 0.15) is 0 Å². The molecule has 0 fully saturated rings. The summed E-state index contributed by atoms with van der Waals surface area (Å²) in [6.45, 7) is 2.13. The van der Waals surface area contributed by atoms with E-state index in [4.69, 9.17) is 19.7 Å². The molecule has 0 heterocycles. The molecular formula is C12H18O4. The molecule has 1 aromatic rings. The number of hydrogen-bond acceptors (Lipinski definition) is 4. The number of methoxy groups -OCH3 is 1. The molecule has 16 heavy (non-hydrogen) atoms. The van der Waals surface area contributed by atoms with Crippen LogP contribution in [0, 0.1) is 0 Å². The molecule has 4 nitrogen and oxygen atoms in total. The van der Waals surface area contributed by atoms with E-state index in [0.29, 0.717) is 24.5 Å². The number of hydrogen-bond donors (Lipinski definition) is 2. The van der Waals surface area contributed by atoms with Crippen LogP contribution >= 0.6 is 0 Å². The Morgan fingerprint density at radius 2 is 2.06 bits per heavy atom. The van der Waals surface area contributed by atoms with Crippen molar-refractivity contribution >= 4 is 0 Å². The predicted octanol–water partition coefficient (Wildman–Crippen LogP) is 1.34. The first kappa shape index (κ1) is 12.8. The fourth-order valence-corrected chi connectivity index (χ4v) is 1.27. The molecule has 0 bridgehead atoms. The molecule has 0 saturated carbocycles. The quantitative estimate of drug-likeness (QED) is 0.768. The van der Waals surface area contributed by atoms with Crippen LogP contribution in [0.2, 0.25) is 0 Å². The number of benzene rings is 1. The van der Waals surface area contributed by atoms with Crippen LogP contribution in [0.1, 0.15) is 18.9 Å². The minimum absolute atomic E-state index is 0.0235. The Balaban J connectivity index is 2.64. The van der Waals surface area contributed by atoms with Gasteiger partial charge in [0.2, 0.25) is 0 Å². The first-order chi connectivity index (χ1) is 7.67. The van der Waals surface area contributed by atoms with Crippen molar-refractivity contribution < 1.29 is 19.7 Å². The van der Waals surface area contributed by atoms with Crippen molar-refractivity contribution in [3.8, 4) is 11.5 Å². The van der Waals surface area contributed by atoms with Crippen molar-refractivity contribution in [3.05, 3.63) is 23.8 Å². The first-order valence-corrected chi connectivity index (χ1v) is 5.26. The van der Waals surface area contributed by atoms with Gasteiger partial charge >= 0.3 is 0 Å². The van der Waals surface area contributed by atoms with Gasteiger partial charge in [0.05, 0.1) is 26.4 Å². The SMILES string of the molecule is COc1cc(CO)ccc1OCCC(C)O. The van der Waals surface area contributed by atoms with Gasteiger partial charge < -0.3 is 19.7 Å². The van der Waals surface area contributed by atoms with Crippen LogP contribution in [-0.4, -0.2) is 30.0 Å². The summed E-state index contributed by atoms with van der Waals surface area (Å²) in [6, 6.07) is 5.27. The molecule has 2 N–H and O–H groups in total. The van der Waals surface area contributed by atoms with Gasteiger partial charge in [-0.1, -0.05) is 6.07 Å². The van der Waals surface area contributed by atoms with Crippen LogP contribution < -0.4 is 9.47 Å². The number of ether oxygens (including phenoxy) is 2. The Morgan fingerprint density at radius 3 is 2.62 bits per heavy atom. The second-order valence-corrected chi connectivity index (χ2v) is 3.63. The fourth-order valence-electron chi connectivity index (χ4n) is 1.27. The highest BCUT2D eigenvalue weighted by Crippen LogP contribution is 2.28. The summed E-state index contributed by atoms with van der Waals surface area (Å²) in [5.74, 6) is 1.22. The highest BCUT2D eigenvalue weighted by molar-refractivity contribution is 5.42. The van der Waals surface area contributed by atoms with Crippen LogP contribution in [0.15, 0.2) is 18.2 Å². The molecule has 0 amide bonds. The van der Waals surface area contributed by atoms with E-state index in [1.807, 2.05) is 0 Å². The largest absolute Gasteiger partial charge is 0.493 e. The van der Waals surface area contributed by atoms with E-state index < -0.39 is 0 Å². The Hall–Kier alpha value is -1.26. The molecule has 0 aliphatic carbocycles. The lowest BCUT2D eigenvalue weighted by atomic mass is 10.2. The van der Waals surface area contributed by atoms with Crippen molar-refractivity contribution in [3.63, 3.8) is 0 Å². The lowest BCUT2D eigenvalue weighted by Crippen LogP contribution is -2.08. The lowest BCUT2D eigenvalue weighted by molar-refractivity contribution is 0.154. The minimum atomic E-state index is -0.372. The van der Waals surface area contributed by atoms with Crippen LogP contribution in [-0.2, 0) is 6.61 Å². The fraction of sp³-hybridized carbons (Fsp3) is 0.500. The Morgan fingerprint density at radius 1 is 1.31 bits per heavy atom. The molecule has 1 rings (SSSR count). The molecule has 0 saturated heterocycles. The summed E-state index contributed by atoms with van der Waals surface area (Å²) in [5, 5.41) is 18.1. The molecule has 1 aromatic carbocycles. The second-order valence-electron chi connectivity index (χ2n) is 3.63. The predicted molar refractivity (Wildman–Crippen MR) is 60.7 cm³/mol. The molecule has 4 heteroatoms. The van der Waals surface area contributed by atoms with E-state index in [-0.39, 0.29) is 12.7 Å². The van der Waals surface area contributed by atoms with Crippen molar-refractivity contribution in [1.82, 2.24) is 0 Å². The average molecular weight is 226 g/mol. The summed E-state index contributed by atoms with van der Waals surface area (Å²) in [7, 11) is 1.55. The lowest BCUT2D eigenvalue weighted by Gasteiger charge is -2.12. The van der Waals surface area contributed by atoms with Gasteiger partial charge in [-0.3, -0.25) is 0 Å². The van der Waals surface area contributed by atoms with E-state index in [1.54, 1.807) is 32.2 Å². The molecule has 90 valence electrons. The molecular weight excluding hydrogens is 208 g/mol. The average Bonchev–Trinajstić information content (AvgIpc) is 2.29. The normalized spacial score (nSPS) is 12.2. The molecule has 0 aliphatic heterocycles. The third kappa shape index (κ3) is 3.72. The van der Waals surface area contributed by atoms with Crippen molar-refractivity contribution in [2.24, 2.45) is 0 Å². The third-order valence-corrected chi connectivity index (χ3v) is 2.20. The van der Waals surface area contributed by atoms with Gasteiger partial charge in [-0.05, 0) is 24.6 Å². The van der Waals surface area contributed by atoms with Gasteiger partial charge in [0.15, 0.2) is 11.5 Å². The van der Waals surface area contributed by atoms with Crippen molar-refractivity contribution in [2.45, 2.75) is 26.1 Å². The summed E-state index contributed by atoms with van der Waals surface area (Å²) in [4.78, 5) is 0. The maximum absolute atomic E-state index is 9.09. The third-order valence-electron chi connectivity index (χ3n) is 2.20. The maximum Gasteiger partial charge on any atom is 0.161 e. The molecule has 0 aromatic heterocycles. The van der Waals surface area contributed by atoms with E-state index in [9.17, 15) is 0 Å². The first-order valence-electron chi connectivity index (χ1n) is 5.26. The zero-order valence-electron chi connectivity index (χ0n) is 9.64. The summed E-state index contributed by atoms with van der Waals surface area (Å²) in [5.41, 5.74) is 0.778. The highest BCUT2D eigenvalue weighted by atomic mass is 16.5. The number of rotatable bonds is 6. The molecule has 0 aliphatic rings. The van der Waals surface area contributed by atoms with E-state index in [2.05, 4.69) is 0 Å². The standard InChI is InChI=1S/C12H18O4/c1-9(14)5-6-16-11-4-3-10(8-13)7-12(11)15-2/h3-4,7,9,13-14H,5-6,8H2,1-2H3. The van der Waals surface area contributed by atoms with Crippen LogP contribution in [0.25, 0.3) is 0 Å². The zero-order chi connectivity index (χ0) is 12.0. The maximum atomic E-state index is 9.09. The highest BCUT2D eigenvalue weighted by Gasteiger charge is 2.05. The number of aliphatic hydroxyl groups excluding tert-OH is 2. The van der Waals surface area contributed by atoms with Gasteiger partial charge in [-0.2, -0.15) is 0 Å². The van der Waals surface area contributed by atoms with E-state index >= 15 is 0 Å². The van der Waals surface area contributed by atoms with Gasteiger partial charge in [0.25, 0.3) is 0 Å². The second kappa shape index (κ2) is 6.35. The van der Waals surface area contributed by atoms with Gasteiger partial charge in [0, 0.05) is 6.42 Å². The zero-order valence-corrected chi connectivity index (χ0v) is 9.64. The monoisotopic (exact) mass is 226 g/mol. The van der Waals surface area contributed by atoms with Gasteiger partial charge in [-0.15, -0.1) is 0 Å². The van der Waals surface area contributed by atoms with Crippen molar-refractivity contribution in [2.75, 3.05) is 13.7 Å². The summed E-state index contributed by atoms with van der Waals surface area (Å²) < 4.78 is 10.6. The van der Waals surface area contributed by atoms with E-state index in [1.165, 1.54) is 0 Å². The van der Waals surface area contributed by atoms with Crippen molar-refractivity contribution in [1.29, 1.82) is 0 Å². The Bertz CT molecular complexity index is 323. The minimum Gasteiger partial charge on any atom is -0.493 e. The van der Waals surface area contributed by atoms with Crippen LogP contribution in [0.4, 0.5) is 0 Å². The molecule has 1 atom stereocenters. The number of aliphatic hydroxyl groups is 2. The molecule has 0 spiro atoms. The molecule has 0 radical (unpaired) electrons. The summed E-state index contributed by atoms with van der Waals surface area (Å²) in [6.07, 6.45) is 0.202. The summed E-state index contributed by atoms with van der Waals surface area (Å²) >= 11 is 0. The molecule has 1 unspecified atom stereocenters. The smallest absolute Gasteiger partial charge is 0.161 e. The van der Waals surface area contributed by atoms with Crippen LogP contribution in [0.3, 0.4) is 0 Å². The topological polar surface area (TPSA) is 58.9 Å². The Kier molecular flexibility index (Phi) is 5.08. The van der Waals surface area contributed by atoms with E-state index in [0.717, 1.165) is 5.56 Å². The van der Waals surface area contributed by atoms with Crippen LogP contribution in [0.5, 0.6) is 11.5 Å².